The predicted molar refractivity (Wildman–Crippen MR) is 138 cm³/mol. The normalized spacial score (nSPS) is 13.7. The van der Waals surface area contributed by atoms with E-state index < -0.39 is 18.1 Å². The van der Waals surface area contributed by atoms with Crippen molar-refractivity contribution >= 4 is 29.0 Å². The maximum atomic E-state index is 13.2. The topological polar surface area (TPSA) is 129 Å². The van der Waals surface area contributed by atoms with E-state index in [0.29, 0.717) is 32.2 Å². The summed E-state index contributed by atoms with van der Waals surface area (Å²) in [4.78, 5) is 41.2. The van der Waals surface area contributed by atoms with E-state index in [1.54, 1.807) is 7.05 Å². The van der Waals surface area contributed by atoms with Crippen LogP contribution in [0.15, 0.2) is 60.8 Å². The van der Waals surface area contributed by atoms with Crippen molar-refractivity contribution in [3.8, 4) is 0 Å². The van der Waals surface area contributed by atoms with E-state index >= 15 is 0 Å². The van der Waals surface area contributed by atoms with Crippen LogP contribution in [0.3, 0.4) is 0 Å². The molecule has 3 atom stereocenters. The molecule has 0 fully saturated rings. The van der Waals surface area contributed by atoms with Gasteiger partial charge in [-0.05, 0) is 56.5 Å². The molecule has 0 radical (unpaired) electrons. The lowest BCUT2D eigenvalue weighted by atomic mass is 10.0. The first kappa shape index (κ1) is 26.1. The van der Waals surface area contributed by atoms with E-state index in [4.69, 9.17) is 5.73 Å². The summed E-state index contributed by atoms with van der Waals surface area (Å²) >= 11 is 0. The van der Waals surface area contributed by atoms with Crippen LogP contribution in [-0.2, 0) is 27.2 Å². The van der Waals surface area contributed by atoms with E-state index in [1.807, 2.05) is 60.8 Å². The SMILES string of the molecule is CN[C@@H](Cc1ccccc1)C(=O)N[C@@H](CCCCN)C(=O)N[C@H](C=O)Cc1c[nH]c2ccccc12. The Morgan fingerprint density at radius 1 is 0.943 bits per heavy atom. The summed E-state index contributed by atoms with van der Waals surface area (Å²) in [5.41, 5.74) is 8.56. The van der Waals surface area contributed by atoms with Crippen molar-refractivity contribution in [1.29, 1.82) is 0 Å². The number of aldehydes is 1. The molecule has 0 aliphatic carbocycles. The van der Waals surface area contributed by atoms with Crippen molar-refractivity contribution in [1.82, 2.24) is 20.9 Å². The van der Waals surface area contributed by atoms with Gasteiger partial charge in [0.15, 0.2) is 0 Å². The highest BCUT2D eigenvalue weighted by molar-refractivity contribution is 5.91. The number of H-pyrrole nitrogens is 1. The van der Waals surface area contributed by atoms with E-state index in [1.165, 1.54) is 0 Å². The number of nitrogens with two attached hydrogens (primary N) is 1. The standard InChI is InChI=1S/C27H35N5O3/c1-29-25(15-19-9-3-2-4-10-19)27(35)32-24(13-7-8-14-28)26(34)31-21(18-33)16-20-17-30-23-12-6-5-11-22(20)23/h2-6,9-12,17-18,21,24-25,29-30H,7-8,13-16,28H2,1H3,(H,31,34)(H,32,35)/t21-,24-,25-/m0/s1. The zero-order valence-corrected chi connectivity index (χ0v) is 20.1. The lowest BCUT2D eigenvalue weighted by Gasteiger charge is -2.24. The maximum absolute atomic E-state index is 13.2. The number of amides is 2. The summed E-state index contributed by atoms with van der Waals surface area (Å²) in [6, 6.07) is 15.6. The van der Waals surface area contributed by atoms with Crippen LogP contribution in [0.5, 0.6) is 0 Å². The predicted octanol–water partition coefficient (Wildman–Crippen LogP) is 1.84. The van der Waals surface area contributed by atoms with E-state index in [0.717, 1.165) is 34.7 Å². The molecule has 0 saturated carbocycles. The molecule has 3 aromatic rings. The Labute approximate surface area is 206 Å². The smallest absolute Gasteiger partial charge is 0.243 e. The number of fused-ring (bicyclic) bond motifs is 1. The van der Waals surface area contributed by atoms with E-state index in [9.17, 15) is 14.4 Å². The van der Waals surface area contributed by atoms with Crippen molar-refractivity contribution in [2.75, 3.05) is 13.6 Å². The van der Waals surface area contributed by atoms with Gasteiger partial charge in [0.2, 0.25) is 11.8 Å². The zero-order chi connectivity index (χ0) is 25.0. The van der Waals surface area contributed by atoms with Gasteiger partial charge in [-0.1, -0.05) is 48.5 Å². The zero-order valence-electron chi connectivity index (χ0n) is 20.1. The second kappa shape index (κ2) is 13.4. The molecule has 0 unspecified atom stereocenters. The fraction of sp³-hybridized carbons (Fsp3) is 0.370. The molecule has 0 spiro atoms. The largest absolute Gasteiger partial charge is 0.361 e. The van der Waals surface area contributed by atoms with Crippen LogP contribution < -0.4 is 21.7 Å². The molecular formula is C27H35N5O3. The Kier molecular flexibility index (Phi) is 10.0. The highest BCUT2D eigenvalue weighted by Crippen LogP contribution is 2.19. The van der Waals surface area contributed by atoms with Crippen molar-refractivity contribution in [2.24, 2.45) is 5.73 Å². The first-order valence-electron chi connectivity index (χ1n) is 12.1. The Morgan fingerprint density at radius 2 is 1.66 bits per heavy atom. The molecule has 8 heteroatoms. The quantitative estimate of drug-likeness (QED) is 0.179. The van der Waals surface area contributed by atoms with Gasteiger partial charge >= 0.3 is 0 Å². The highest BCUT2D eigenvalue weighted by Gasteiger charge is 2.26. The maximum Gasteiger partial charge on any atom is 0.243 e. The average Bonchev–Trinajstić information content (AvgIpc) is 3.29. The number of hydrogen-bond acceptors (Lipinski definition) is 5. The molecule has 8 nitrogen and oxygen atoms in total. The number of para-hydroxylation sites is 1. The summed E-state index contributed by atoms with van der Waals surface area (Å²) in [5, 5.41) is 9.76. The number of aromatic amines is 1. The lowest BCUT2D eigenvalue weighted by Crippen LogP contribution is -2.54. The molecule has 3 rings (SSSR count). The lowest BCUT2D eigenvalue weighted by molar-refractivity contribution is -0.131. The van der Waals surface area contributed by atoms with E-state index in [-0.39, 0.29) is 11.8 Å². The number of unbranched alkanes of at least 4 members (excludes halogenated alkanes) is 1. The molecule has 6 N–H and O–H groups in total. The third-order valence-corrected chi connectivity index (χ3v) is 6.13. The van der Waals surface area contributed by atoms with Gasteiger partial charge in [0.05, 0.1) is 12.1 Å². The van der Waals surface area contributed by atoms with Crippen LogP contribution in [0.2, 0.25) is 0 Å². The number of likely N-dealkylation sites (N-methyl/N-ethyl adjacent to an activating group) is 1. The van der Waals surface area contributed by atoms with Crippen LogP contribution in [0.1, 0.15) is 30.4 Å². The number of carbonyl (C=O) groups excluding carboxylic acids is 3. The van der Waals surface area contributed by atoms with Gasteiger partial charge in [-0.25, -0.2) is 0 Å². The summed E-state index contributed by atoms with van der Waals surface area (Å²) in [6.07, 6.45) is 5.32. The molecule has 2 amide bonds. The Hall–Kier alpha value is -3.49. The molecule has 186 valence electrons. The van der Waals surface area contributed by atoms with Crippen molar-refractivity contribution in [3.63, 3.8) is 0 Å². The van der Waals surface area contributed by atoms with Gasteiger partial charge in [0, 0.05) is 23.5 Å². The fourth-order valence-corrected chi connectivity index (χ4v) is 4.16. The van der Waals surface area contributed by atoms with Crippen LogP contribution >= 0.6 is 0 Å². The summed E-state index contributed by atoms with van der Waals surface area (Å²) in [6.45, 7) is 0.507. The minimum atomic E-state index is -0.758. The molecule has 2 aromatic carbocycles. The second-order valence-corrected chi connectivity index (χ2v) is 8.69. The molecule has 0 bridgehead atoms. The van der Waals surface area contributed by atoms with Crippen LogP contribution in [0.25, 0.3) is 10.9 Å². The number of benzene rings is 2. The van der Waals surface area contributed by atoms with Gasteiger partial charge in [-0.2, -0.15) is 0 Å². The van der Waals surface area contributed by atoms with Gasteiger partial charge in [0.25, 0.3) is 0 Å². The molecule has 1 aromatic heterocycles. The number of hydrogen-bond donors (Lipinski definition) is 5. The van der Waals surface area contributed by atoms with Crippen LogP contribution in [0, 0.1) is 0 Å². The molecule has 35 heavy (non-hydrogen) atoms. The Bertz CT molecular complexity index is 1100. The Balaban J connectivity index is 1.66. The van der Waals surface area contributed by atoms with Gasteiger partial charge in [-0.3, -0.25) is 9.59 Å². The number of carbonyl (C=O) groups is 3. The van der Waals surface area contributed by atoms with Gasteiger partial charge in [-0.15, -0.1) is 0 Å². The summed E-state index contributed by atoms with van der Waals surface area (Å²) in [5.74, 6) is -0.634. The molecule has 1 heterocycles. The molecular weight excluding hydrogens is 442 g/mol. The molecule has 0 aliphatic rings. The third-order valence-electron chi connectivity index (χ3n) is 6.13. The van der Waals surface area contributed by atoms with Gasteiger partial charge < -0.3 is 31.5 Å². The van der Waals surface area contributed by atoms with Crippen molar-refractivity contribution < 1.29 is 14.4 Å². The van der Waals surface area contributed by atoms with Crippen molar-refractivity contribution in [2.45, 2.75) is 50.2 Å². The first-order chi connectivity index (χ1) is 17.0. The average molecular weight is 478 g/mol. The second-order valence-electron chi connectivity index (χ2n) is 8.69. The highest BCUT2D eigenvalue weighted by atomic mass is 16.2. The number of rotatable bonds is 14. The number of nitrogens with one attached hydrogen (secondary N) is 4. The Morgan fingerprint density at radius 3 is 2.37 bits per heavy atom. The molecule has 0 saturated heterocycles. The van der Waals surface area contributed by atoms with E-state index in [2.05, 4.69) is 20.9 Å². The first-order valence-corrected chi connectivity index (χ1v) is 12.1. The minimum absolute atomic E-state index is 0.261. The fourth-order valence-electron chi connectivity index (χ4n) is 4.16. The van der Waals surface area contributed by atoms with Crippen molar-refractivity contribution in [3.05, 3.63) is 71.9 Å². The van der Waals surface area contributed by atoms with Gasteiger partial charge in [0.1, 0.15) is 12.3 Å². The number of aromatic nitrogens is 1. The summed E-state index contributed by atoms with van der Waals surface area (Å²) in [7, 11) is 1.72. The van der Waals surface area contributed by atoms with Crippen LogP contribution in [-0.4, -0.2) is 54.8 Å². The monoisotopic (exact) mass is 477 g/mol. The molecule has 0 aliphatic heterocycles. The van der Waals surface area contributed by atoms with Crippen LogP contribution in [0.4, 0.5) is 0 Å². The third kappa shape index (κ3) is 7.50. The minimum Gasteiger partial charge on any atom is -0.361 e. The summed E-state index contributed by atoms with van der Waals surface area (Å²) < 4.78 is 0.